The molecule has 0 heterocycles. The average Bonchev–Trinajstić information content (AvgIpc) is 2.61. The second-order valence-corrected chi connectivity index (χ2v) is 7.10. The summed E-state index contributed by atoms with van der Waals surface area (Å²) in [6, 6.07) is -1.03. The fraction of sp³-hybridized carbons (Fsp3) is 0.833. The van der Waals surface area contributed by atoms with E-state index in [1.54, 1.807) is 20.8 Å². The fourth-order valence-electron chi connectivity index (χ4n) is 1.84. The summed E-state index contributed by atoms with van der Waals surface area (Å²) in [5.74, 6) is -1.39. The van der Waals surface area contributed by atoms with Gasteiger partial charge in [-0.3, -0.25) is 9.59 Å². The summed E-state index contributed by atoms with van der Waals surface area (Å²) in [5.41, 5.74) is 4.79. The van der Waals surface area contributed by atoms with Gasteiger partial charge in [-0.05, 0) is 27.2 Å². The highest BCUT2D eigenvalue weighted by molar-refractivity contribution is 5.78. The lowest BCUT2D eigenvalue weighted by atomic mass is 10.1. The predicted octanol–water partition coefficient (Wildman–Crippen LogP) is -0.131. The number of amides is 2. The van der Waals surface area contributed by atoms with E-state index < -0.39 is 23.7 Å². The molecule has 0 saturated carbocycles. The van der Waals surface area contributed by atoms with Crippen LogP contribution in [0.3, 0.4) is 0 Å². The first kappa shape index (κ1) is 27.0. The minimum atomic E-state index is -1.12. The third kappa shape index (κ3) is 19.2. The maximum Gasteiger partial charge on any atom is 0.407 e. The minimum absolute atomic E-state index is 0.0594. The van der Waals surface area contributed by atoms with Crippen molar-refractivity contribution in [3.63, 3.8) is 0 Å². The molecule has 1 unspecified atom stereocenters. The van der Waals surface area contributed by atoms with Crippen LogP contribution in [0.5, 0.6) is 0 Å². The molecule has 0 aliphatic heterocycles. The molecule has 0 bridgehead atoms. The van der Waals surface area contributed by atoms with Crippen LogP contribution in [-0.2, 0) is 28.5 Å². The summed E-state index contributed by atoms with van der Waals surface area (Å²) in [4.78, 5) is 33.4. The Balaban J connectivity index is 3.33. The van der Waals surface area contributed by atoms with Gasteiger partial charge >= 0.3 is 12.1 Å². The molecule has 0 fully saturated rings. The molecule has 0 aliphatic carbocycles. The standard InChI is InChI=1S/C18H35N3O8/c1-18(2,3)29-17(25)21-7-9-27-11-13-28-12-10-26-8-6-20-15(22)5-4-14(19)16(23)24/h14H,4-13,19H2,1-3H3,(H,20,22)(H,21,25)(H,23,24). The molecule has 0 aliphatic rings. The molecular weight excluding hydrogens is 386 g/mol. The Morgan fingerprint density at radius 1 is 0.897 bits per heavy atom. The first-order valence-corrected chi connectivity index (χ1v) is 9.57. The number of ether oxygens (including phenoxy) is 4. The Hall–Kier alpha value is -1.95. The molecule has 0 rings (SSSR count). The normalized spacial score (nSPS) is 12.3. The van der Waals surface area contributed by atoms with Gasteiger partial charge in [0.05, 0.1) is 39.6 Å². The van der Waals surface area contributed by atoms with Crippen LogP contribution >= 0.6 is 0 Å². The quantitative estimate of drug-likeness (QED) is 0.249. The van der Waals surface area contributed by atoms with E-state index in [1.807, 2.05) is 0 Å². The van der Waals surface area contributed by atoms with Gasteiger partial charge in [0, 0.05) is 19.5 Å². The van der Waals surface area contributed by atoms with Crippen molar-refractivity contribution in [1.29, 1.82) is 0 Å². The molecule has 11 heteroatoms. The zero-order valence-corrected chi connectivity index (χ0v) is 17.5. The smallest absolute Gasteiger partial charge is 0.407 e. The highest BCUT2D eigenvalue weighted by Crippen LogP contribution is 2.06. The summed E-state index contributed by atoms with van der Waals surface area (Å²) >= 11 is 0. The fourth-order valence-corrected chi connectivity index (χ4v) is 1.84. The van der Waals surface area contributed by atoms with Crippen molar-refractivity contribution in [3.8, 4) is 0 Å². The molecule has 0 aromatic rings. The van der Waals surface area contributed by atoms with E-state index in [2.05, 4.69) is 10.6 Å². The molecule has 0 spiro atoms. The number of carboxylic acids is 1. The lowest BCUT2D eigenvalue weighted by molar-refractivity contribution is -0.138. The van der Waals surface area contributed by atoms with Crippen molar-refractivity contribution >= 4 is 18.0 Å². The molecule has 170 valence electrons. The molecular formula is C18H35N3O8. The third-order valence-corrected chi connectivity index (χ3v) is 3.23. The number of carbonyl (C=O) groups is 3. The van der Waals surface area contributed by atoms with E-state index in [0.717, 1.165) is 0 Å². The molecule has 1 atom stereocenters. The van der Waals surface area contributed by atoms with Crippen LogP contribution in [0.1, 0.15) is 33.6 Å². The zero-order valence-electron chi connectivity index (χ0n) is 17.5. The van der Waals surface area contributed by atoms with Crippen molar-refractivity contribution in [2.75, 3.05) is 52.7 Å². The lowest BCUT2D eigenvalue weighted by Crippen LogP contribution is -2.34. The van der Waals surface area contributed by atoms with Crippen molar-refractivity contribution in [2.24, 2.45) is 5.73 Å². The number of nitrogens with one attached hydrogen (secondary N) is 2. The van der Waals surface area contributed by atoms with Crippen LogP contribution in [0, 0.1) is 0 Å². The van der Waals surface area contributed by atoms with Crippen molar-refractivity contribution in [3.05, 3.63) is 0 Å². The molecule has 0 radical (unpaired) electrons. The van der Waals surface area contributed by atoms with Gasteiger partial charge in [0.2, 0.25) is 5.91 Å². The van der Waals surface area contributed by atoms with Crippen LogP contribution in [-0.4, -0.2) is 87.4 Å². The number of aliphatic carboxylic acids is 1. The van der Waals surface area contributed by atoms with Gasteiger partial charge < -0.3 is 40.4 Å². The summed E-state index contributed by atoms with van der Waals surface area (Å²) in [5, 5.41) is 13.8. The second-order valence-electron chi connectivity index (χ2n) is 7.10. The van der Waals surface area contributed by atoms with E-state index in [4.69, 9.17) is 29.8 Å². The maximum absolute atomic E-state index is 11.5. The molecule has 0 aromatic carbocycles. The van der Waals surface area contributed by atoms with E-state index >= 15 is 0 Å². The zero-order chi connectivity index (χ0) is 22.1. The number of carboxylic acid groups (broad SMARTS) is 1. The number of hydrogen-bond acceptors (Lipinski definition) is 8. The number of nitrogens with two attached hydrogens (primary N) is 1. The first-order valence-electron chi connectivity index (χ1n) is 9.57. The minimum Gasteiger partial charge on any atom is -0.480 e. The Morgan fingerprint density at radius 3 is 1.86 bits per heavy atom. The van der Waals surface area contributed by atoms with Crippen LogP contribution in [0.15, 0.2) is 0 Å². The molecule has 29 heavy (non-hydrogen) atoms. The van der Waals surface area contributed by atoms with E-state index in [9.17, 15) is 14.4 Å². The van der Waals surface area contributed by atoms with E-state index in [1.165, 1.54) is 0 Å². The Labute approximate surface area is 171 Å². The topological polar surface area (TPSA) is 158 Å². The highest BCUT2D eigenvalue weighted by atomic mass is 16.6. The average molecular weight is 421 g/mol. The monoisotopic (exact) mass is 421 g/mol. The third-order valence-electron chi connectivity index (χ3n) is 3.23. The SMILES string of the molecule is CC(C)(C)OC(=O)NCCOCCOCCOCCNC(=O)CCC(N)C(=O)O. The van der Waals surface area contributed by atoms with Crippen LogP contribution in [0.4, 0.5) is 4.79 Å². The van der Waals surface area contributed by atoms with Crippen LogP contribution < -0.4 is 16.4 Å². The van der Waals surface area contributed by atoms with Gasteiger partial charge in [-0.15, -0.1) is 0 Å². The first-order chi connectivity index (χ1) is 13.6. The number of hydrogen-bond donors (Lipinski definition) is 4. The number of carbonyl (C=O) groups excluding carboxylic acids is 2. The summed E-state index contributed by atoms with van der Waals surface area (Å²) in [6.07, 6.45) is -0.326. The van der Waals surface area contributed by atoms with Crippen LogP contribution in [0.25, 0.3) is 0 Å². The van der Waals surface area contributed by atoms with Crippen molar-refractivity contribution < 1.29 is 38.4 Å². The molecule has 0 saturated heterocycles. The van der Waals surface area contributed by atoms with Gasteiger partial charge in [-0.2, -0.15) is 0 Å². The largest absolute Gasteiger partial charge is 0.480 e. The van der Waals surface area contributed by atoms with E-state index in [0.29, 0.717) is 52.7 Å². The van der Waals surface area contributed by atoms with E-state index in [-0.39, 0.29) is 18.7 Å². The van der Waals surface area contributed by atoms with Gasteiger partial charge in [0.1, 0.15) is 11.6 Å². The van der Waals surface area contributed by atoms with Crippen molar-refractivity contribution in [2.45, 2.75) is 45.3 Å². The van der Waals surface area contributed by atoms with Gasteiger partial charge in [-0.25, -0.2) is 4.79 Å². The Kier molecular flexibility index (Phi) is 14.8. The summed E-state index contributed by atoms with van der Waals surface area (Å²) < 4.78 is 21.0. The number of rotatable bonds is 16. The molecule has 0 aromatic heterocycles. The maximum atomic E-state index is 11.5. The molecule has 2 amide bonds. The van der Waals surface area contributed by atoms with Crippen LogP contribution in [0.2, 0.25) is 0 Å². The number of alkyl carbamates (subject to hydrolysis) is 1. The van der Waals surface area contributed by atoms with Gasteiger partial charge in [0.25, 0.3) is 0 Å². The second kappa shape index (κ2) is 15.9. The lowest BCUT2D eigenvalue weighted by Gasteiger charge is -2.19. The summed E-state index contributed by atoms with van der Waals surface area (Å²) in [7, 11) is 0. The van der Waals surface area contributed by atoms with Gasteiger partial charge in [0.15, 0.2) is 0 Å². The molecule has 5 N–H and O–H groups in total. The Morgan fingerprint density at radius 2 is 1.38 bits per heavy atom. The predicted molar refractivity (Wildman–Crippen MR) is 105 cm³/mol. The highest BCUT2D eigenvalue weighted by Gasteiger charge is 2.15. The van der Waals surface area contributed by atoms with Crippen molar-refractivity contribution in [1.82, 2.24) is 10.6 Å². The molecule has 11 nitrogen and oxygen atoms in total. The van der Waals surface area contributed by atoms with Gasteiger partial charge in [-0.1, -0.05) is 0 Å². The summed E-state index contributed by atoms with van der Waals surface area (Å²) in [6.45, 7) is 8.30. The Bertz CT molecular complexity index is 482.